The third-order valence-electron chi connectivity index (χ3n) is 5.53. The number of amides is 2. The van der Waals surface area contributed by atoms with Crippen molar-refractivity contribution in [2.24, 2.45) is 0 Å². The summed E-state index contributed by atoms with van der Waals surface area (Å²) in [5.41, 5.74) is 1.52. The van der Waals surface area contributed by atoms with Crippen molar-refractivity contribution in [3.8, 4) is 23.0 Å². The predicted molar refractivity (Wildman–Crippen MR) is 116 cm³/mol. The van der Waals surface area contributed by atoms with Gasteiger partial charge in [-0.15, -0.1) is 0 Å². The Balaban J connectivity index is 1.12. The Hall–Kier alpha value is -3.94. The molecule has 0 radical (unpaired) electrons. The largest absolute Gasteiger partial charge is 0.454 e. The average molecular weight is 434 g/mol. The van der Waals surface area contributed by atoms with Crippen molar-refractivity contribution in [1.82, 2.24) is 9.80 Å². The van der Waals surface area contributed by atoms with Gasteiger partial charge in [0.2, 0.25) is 19.5 Å². The van der Waals surface area contributed by atoms with Crippen LogP contribution < -0.4 is 18.9 Å². The van der Waals surface area contributed by atoms with Crippen LogP contribution in [0, 0.1) is 0 Å². The van der Waals surface area contributed by atoms with E-state index in [1.165, 1.54) is 0 Å². The molecule has 3 aliphatic rings. The smallest absolute Gasteiger partial charge is 0.254 e. The van der Waals surface area contributed by atoms with E-state index in [0.717, 1.165) is 17.1 Å². The molecule has 8 heteroatoms. The molecule has 8 nitrogen and oxygen atoms in total. The van der Waals surface area contributed by atoms with Crippen LogP contribution in [0.1, 0.15) is 15.9 Å². The lowest BCUT2D eigenvalue weighted by Crippen LogP contribution is -2.50. The second-order valence-corrected chi connectivity index (χ2v) is 7.52. The molecule has 0 saturated carbocycles. The zero-order valence-corrected chi connectivity index (χ0v) is 17.4. The summed E-state index contributed by atoms with van der Waals surface area (Å²) >= 11 is 0. The van der Waals surface area contributed by atoms with Gasteiger partial charge in [-0.3, -0.25) is 9.59 Å². The molecular formula is C24H22N2O6. The molecule has 5 rings (SSSR count). The fourth-order valence-electron chi connectivity index (χ4n) is 3.77. The van der Waals surface area contributed by atoms with Crippen molar-refractivity contribution in [3.05, 3.63) is 65.8 Å². The number of carbonyl (C=O) groups excluding carboxylic acids is 2. The van der Waals surface area contributed by atoms with E-state index >= 15 is 0 Å². The molecule has 32 heavy (non-hydrogen) atoms. The molecule has 3 heterocycles. The monoisotopic (exact) mass is 434 g/mol. The van der Waals surface area contributed by atoms with Crippen molar-refractivity contribution in [1.29, 1.82) is 0 Å². The Morgan fingerprint density at radius 3 is 2.09 bits per heavy atom. The van der Waals surface area contributed by atoms with E-state index in [4.69, 9.17) is 18.9 Å². The first-order valence-corrected chi connectivity index (χ1v) is 10.4. The molecule has 0 aromatic heterocycles. The Morgan fingerprint density at radius 1 is 0.719 bits per heavy atom. The van der Waals surface area contributed by atoms with E-state index in [1.54, 1.807) is 40.2 Å². The summed E-state index contributed by atoms with van der Waals surface area (Å²) in [5, 5.41) is 0. The molecule has 2 aromatic rings. The van der Waals surface area contributed by atoms with E-state index in [2.05, 4.69) is 0 Å². The fourth-order valence-corrected chi connectivity index (χ4v) is 3.77. The number of allylic oxidation sites excluding steroid dienone is 2. The lowest BCUT2D eigenvalue weighted by Gasteiger charge is -2.34. The minimum atomic E-state index is -0.0736. The molecule has 0 spiro atoms. The van der Waals surface area contributed by atoms with Crippen molar-refractivity contribution < 1.29 is 28.5 Å². The number of rotatable bonds is 4. The minimum Gasteiger partial charge on any atom is -0.454 e. The first-order chi connectivity index (χ1) is 15.7. The third kappa shape index (κ3) is 4.12. The number of nitrogens with zero attached hydrogens (tertiary/aromatic N) is 2. The Labute approximate surface area is 185 Å². The third-order valence-corrected chi connectivity index (χ3v) is 5.53. The van der Waals surface area contributed by atoms with E-state index in [9.17, 15) is 9.59 Å². The maximum atomic E-state index is 12.8. The molecule has 0 unspecified atom stereocenters. The predicted octanol–water partition coefficient (Wildman–Crippen LogP) is 2.70. The summed E-state index contributed by atoms with van der Waals surface area (Å²) in [5.74, 6) is 2.55. The highest BCUT2D eigenvalue weighted by Crippen LogP contribution is 2.33. The Kier molecular flexibility index (Phi) is 5.41. The van der Waals surface area contributed by atoms with Gasteiger partial charge in [0.25, 0.3) is 5.91 Å². The van der Waals surface area contributed by atoms with Crippen molar-refractivity contribution in [2.45, 2.75) is 0 Å². The molecule has 3 aliphatic heterocycles. The minimum absolute atomic E-state index is 0.0717. The van der Waals surface area contributed by atoms with Gasteiger partial charge in [0.05, 0.1) is 0 Å². The number of benzene rings is 2. The Morgan fingerprint density at radius 2 is 1.34 bits per heavy atom. The highest BCUT2D eigenvalue weighted by atomic mass is 16.7. The summed E-state index contributed by atoms with van der Waals surface area (Å²) in [6.45, 7) is 2.37. The quantitative estimate of drug-likeness (QED) is 0.544. The zero-order valence-electron chi connectivity index (χ0n) is 17.4. The molecule has 2 aromatic carbocycles. The van der Waals surface area contributed by atoms with E-state index in [0.29, 0.717) is 43.2 Å². The highest BCUT2D eigenvalue weighted by Gasteiger charge is 2.25. The molecule has 164 valence electrons. The van der Waals surface area contributed by atoms with Gasteiger partial charge < -0.3 is 28.7 Å². The summed E-state index contributed by atoms with van der Waals surface area (Å²) in [4.78, 5) is 28.7. The summed E-state index contributed by atoms with van der Waals surface area (Å²) in [7, 11) is 0. The van der Waals surface area contributed by atoms with Crippen molar-refractivity contribution >= 4 is 17.9 Å². The molecular weight excluding hydrogens is 412 g/mol. The second-order valence-electron chi connectivity index (χ2n) is 7.52. The first kappa shape index (κ1) is 20.0. The number of fused-ring (bicyclic) bond motifs is 2. The number of hydrogen-bond donors (Lipinski definition) is 0. The molecule has 1 saturated heterocycles. The van der Waals surface area contributed by atoms with Crippen LogP contribution in [0.2, 0.25) is 0 Å². The summed E-state index contributed by atoms with van der Waals surface area (Å²) in [6, 6.07) is 10.9. The lowest BCUT2D eigenvalue weighted by atomic mass is 10.1. The molecule has 1 fully saturated rings. The normalized spacial score (nSPS) is 16.9. The standard InChI is InChI=1S/C24H22N2O6/c27-23(4-2-1-3-17-5-7-19-21(13-17)31-15-29-19)25-9-11-26(12-10-25)24(28)18-6-8-20-22(14-18)32-16-30-20/h1-8,13-14H,9-12,15-16H2/b3-1+,4-2+. The molecule has 0 bridgehead atoms. The topological polar surface area (TPSA) is 77.5 Å². The van der Waals surface area contributed by atoms with Gasteiger partial charge in [-0.25, -0.2) is 0 Å². The highest BCUT2D eigenvalue weighted by molar-refractivity contribution is 5.95. The lowest BCUT2D eigenvalue weighted by molar-refractivity contribution is -0.127. The van der Waals surface area contributed by atoms with Gasteiger partial charge in [0.1, 0.15) is 0 Å². The first-order valence-electron chi connectivity index (χ1n) is 10.4. The van der Waals surface area contributed by atoms with Gasteiger partial charge in [-0.05, 0) is 35.9 Å². The SMILES string of the molecule is O=C(/C=C/C=C/c1ccc2c(c1)OCO2)N1CCN(C(=O)c2ccc3c(c2)OCO3)CC1. The van der Waals surface area contributed by atoms with Gasteiger partial charge in [0.15, 0.2) is 23.0 Å². The van der Waals surface area contributed by atoms with Crippen LogP contribution in [-0.4, -0.2) is 61.4 Å². The Bertz CT molecular complexity index is 1100. The van der Waals surface area contributed by atoms with Gasteiger partial charge in [-0.1, -0.05) is 24.3 Å². The number of ether oxygens (including phenoxy) is 4. The van der Waals surface area contributed by atoms with Crippen LogP contribution in [0.4, 0.5) is 0 Å². The summed E-state index contributed by atoms with van der Waals surface area (Å²) in [6.07, 6.45) is 6.97. The second kappa shape index (κ2) is 8.66. The number of piperazine rings is 1. The molecule has 0 atom stereocenters. The van der Waals surface area contributed by atoms with Crippen LogP contribution in [0.5, 0.6) is 23.0 Å². The van der Waals surface area contributed by atoms with Crippen LogP contribution in [-0.2, 0) is 4.79 Å². The van der Waals surface area contributed by atoms with Crippen LogP contribution >= 0.6 is 0 Å². The van der Waals surface area contributed by atoms with Gasteiger partial charge in [-0.2, -0.15) is 0 Å². The maximum Gasteiger partial charge on any atom is 0.254 e. The van der Waals surface area contributed by atoms with Crippen LogP contribution in [0.25, 0.3) is 6.08 Å². The van der Waals surface area contributed by atoms with Gasteiger partial charge in [0, 0.05) is 37.8 Å². The fraction of sp³-hybridized carbons (Fsp3) is 0.250. The zero-order chi connectivity index (χ0) is 21.9. The molecule has 0 aliphatic carbocycles. The van der Waals surface area contributed by atoms with Gasteiger partial charge >= 0.3 is 0 Å². The van der Waals surface area contributed by atoms with E-state index in [-0.39, 0.29) is 25.4 Å². The van der Waals surface area contributed by atoms with Crippen LogP contribution in [0.3, 0.4) is 0 Å². The number of hydrogen-bond acceptors (Lipinski definition) is 6. The number of carbonyl (C=O) groups is 2. The van der Waals surface area contributed by atoms with Crippen molar-refractivity contribution in [2.75, 3.05) is 39.8 Å². The van der Waals surface area contributed by atoms with E-state index < -0.39 is 0 Å². The maximum absolute atomic E-state index is 12.8. The molecule has 2 amide bonds. The van der Waals surface area contributed by atoms with Crippen molar-refractivity contribution in [3.63, 3.8) is 0 Å². The van der Waals surface area contributed by atoms with Crippen LogP contribution in [0.15, 0.2) is 54.6 Å². The van der Waals surface area contributed by atoms with E-state index in [1.807, 2.05) is 30.4 Å². The average Bonchev–Trinajstić information content (AvgIpc) is 3.49. The molecule has 0 N–H and O–H groups in total. The summed E-state index contributed by atoms with van der Waals surface area (Å²) < 4.78 is 21.3.